The van der Waals surface area contributed by atoms with Crippen molar-refractivity contribution in [2.24, 2.45) is 0 Å². The Hall–Kier alpha value is -2.59. The average molecular weight is 359 g/mol. The Morgan fingerprint density at radius 3 is 1.96 bits per heavy atom. The van der Waals surface area contributed by atoms with Crippen LogP contribution in [0.15, 0.2) is 48.5 Å². The van der Waals surface area contributed by atoms with E-state index in [1.54, 1.807) is 0 Å². The molecule has 4 heteroatoms. The SMILES string of the molecule is CN1[C@@H]2CC[C@H]1CC(NC(=O)N1c3ccccc3C=Cc3ccccc31)C2. The van der Waals surface area contributed by atoms with Crippen LogP contribution >= 0.6 is 0 Å². The van der Waals surface area contributed by atoms with Crippen LogP contribution in [0.3, 0.4) is 0 Å². The first-order chi connectivity index (χ1) is 13.2. The highest BCUT2D eigenvalue weighted by molar-refractivity contribution is 6.05. The maximum absolute atomic E-state index is 13.4. The van der Waals surface area contributed by atoms with Crippen molar-refractivity contribution in [2.75, 3.05) is 11.9 Å². The number of anilines is 2. The van der Waals surface area contributed by atoms with Gasteiger partial charge in [-0.1, -0.05) is 48.6 Å². The Balaban J connectivity index is 1.47. The molecule has 2 saturated heterocycles. The Bertz CT molecular complexity index is 843. The minimum Gasteiger partial charge on any atom is -0.335 e. The molecule has 27 heavy (non-hydrogen) atoms. The van der Waals surface area contributed by atoms with Gasteiger partial charge in [0.15, 0.2) is 0 Å². The van der Waals surface area contributed by atoms with E-state index < -0.39 is 0 Å². The second-order valence-electron chi connectivity index (χ2n) is 7.95. The molecule has 2 bridgehead atoms. The molecule has 0 radical (unpaired) electrons. The number of urea groups is 1. The largest absolute Gasteiger partial charge is 0.335 e. The van der Waals surface area contributed by atoms with Gasteiger partial charge in [0.2, 0.25) is 0 Å². The van der Waals surface area contributed by atoms with Crippen LogP contribution in [0.2, 0.25) is 0 Å². The Kier molecular flexibility index (Phi) is 4.01. The standard InChI is InChI=1S/C23H25N3O/c1-25-19-12-13-20(25)15-18(14-19)24-23(27)26-21-8-4-2-6-16(21)10-11-17-7-3-5-9-22(17)26/h2-11,18-20H,12-15H2,1H3,(H,24,27)/t18?,19-,20+. The van der Waals surface area contributed by atoms with Gasteiger partial charge < -0.3 is 10.2 Å². The molecule has 138 valence electrons. The number of fused-ring (bicyclic) bond motifs is 4. The summed E-state index contributed by atoms with van der Waals surface area (Å²) >= 11 is 0. The third kappa shape index (κ3) is 2.85. The molecule has 2 aromatic rings. The second-order valence-corrected chi connectivity index (χ2v) is 7.95. The minimum absolute atomic E-state index is 0.0208. The first-order valence-electron chi connectivity index (χ1n) is 9.89. The van der Waals surface area contributed by atoms with Crippen LogP contribution in [0, 0.1) is 0 Å². The highest BCUT2D eigenvalue weighted by Crippen LogP contribution is 2.37. The lowest BCUT2D eigenvalue weighted by Crippen LogP contribution is -2.51. The fraction of sp³-hybridized carbons (Fsp3) is 0.348. The van der Waals surface area contributed by atoms with Gasteiger partial charge in [-0.2, -0.15) is 0 Å². The zero-order valence-corrected chi connectivity index (χ0v) is 15.6. The van der Waals surface area contributed by atoms with Crippen molar-refractivity contribution in [1.82, 2.24) is 10.2 Å². The van der Waals surface area contributed by atoms with Gasteiger partial charge in [-0.25, -0.2) is 4.79 Å². The molecule has 4 nitrogen and oxygen atoms in total. The smallest absolute Gasteiger partial charge is 0.326 e. The predicted octanol–water partition coefficient (Wildman–Crippen LogP) is 4.64. The van der Waals surface area contributed by atoms with E-state index in [2.05, 4.69) is 41.5 Å². The summed E-state index contributed by atoms with van der Waals surface area (Å²) in [5.41, 5.74) is 4.00. The molecule has 0 aliphatic carbocycles. The number of benzene rings is 2. The summed E-state index contributed by atoms with van der Waals surface area (Å²) in [6.07, 6.45) is 8.80. The third-order valence-corrected chi connectivity index (χ3v) is 6.43. The van der Waals surface area contributed by atoms with E-state index in [9.17, 15) is 4.79 Å². The number of hydrogen-bond acceptors (Lipinski definition) is 2. The van der Waals surface area contributed by atoms with E-state index in [1.807, 2.05) is 41.3 Å². The minimum atomic E-state index is -0.0208. The number of para-hydroxylation sites is 2. The lowest BCUT2D eigenvalue weighted by molar-refractivity contribution is 0.150. The van der Waals surface area contributed by atoms with Crippen LogP contribution in [-0.4, -0.2) is 36.1 Å². The van der Waals surface area contributed by atoms with E-state index in [4.69, 9.17) is 0 Å². The number of nitrogens with one attached hydrogen (secondary N) is 1. The van der Waals surface area contributed by atoms with E-state index in [-0.39, 0.29) is 12.1 Å². The number of hydrogen-bond donors (Lipinski definition) is 1. The summed E-state index contributed by atoms with van der Waals surface area (Å²) in [4.78, 5) is 17.8. The highest BCUT2D eigenvalue weighted by atomic mass is 16.2. The Morgan fingerprint density at radius 2 is 1.41 bits per heavy atom. The molecule has 1 N–H and O–H groups in total. The summed E-state index contributed by atoms with van der Waals surface area (Å²) < 4.78 is 0. The third-order valence-electron chi connectivity index (χ3n) is 6.43. The molecule has 3 aliphatic heterocycles. The quantitative estimate of drug-likeness (QED) is 0.805. The zero-order valence-electron chi connectivity index (χ0n) is 15.6. The van der Waals surface area contributed by atoms with E-state index in [1.165, 1.54) is 12.8 Å². The first kappa shape index (κ1) is 16.6. The van der Waals surface area contributed by atoms with Crippen LogP contribution in [0.5, 0.6) is 0 Å². The number of amides is 2. The molecule has 0 aromatic heterocycles. The highest BCUT2D eigenvalue weighted by Gasteiger charge is 2.39. The Labute approximate surface area is 160 Å². The molecule has 3 heterocycles. The molecule has 1 unspecified atom stereocenters. The first-order valence-corrected chi connectivity index (χ1v) is 9.89. The molecule has 3 atom stereocenters. The van der Waals surface area contributed by atoms with E-state index in [0.29, 0.717) is 12.1 Å². The van der Waals surface area contributed by atoms with Crippen molar-refractivity contribution in [3.05, 3.63) is 59.7 Å². The number of carbonyl (C=O) groups excluding carboxylic acids is 1. The van der Waals surface area contributed by atoms with Crippen molar-refractivity contribution in [2.45, 2.75) is 43.8 Å². The van der Waals surface area contributed by atoms with Crippen molar-refractivity contribution in [3.8, 4) is 0 Å². The maximum atomic E-state index is 13.4. The number of carbonyl (C=O) groups is 1. The van der Waals surface area contributed by atoms with Gasteiger partial charge in [-0.05, 0) is 56.0 Å². The van der Waals surface area contributed by atoms with Crippen LogP contribution in [0.25, 0.3) is 12.2 Å². The van der Waals surface area contributed by atoms with Crippen LogP contribution in [0.1, 0.15) is 36.8 Å². The topological polar surface area (TPSA) is 35.6 Å². The normalized spacial score (nSPS) is 26.3. The molecule has 0 spiro atoms. The second kappa shape index (κ2) is 6.54. The van der Waals surface area contributed by atoms with E-state index >= 15 is 0 Å². The van der Waals surface area contributed by atoms with Gasteiger partial charge in [0.05, 0.1) is 11.4 Å². The van der Waals surface area contributed by atoms with Crippen molar-refractivity contribution >= 4 is 29.6 Å². The summed E-state index contributed by atoms with van der Waals surface area (Å²) in [5.74, 6) is 0. The molecule has 2 amide bonds. The lowest BCUT2D eigenvalue weighted by Gasteiger charge is -2.37. The number of nitrogens with zero attached hydrogens (tertiary/aromatic N) is 2. The number of rotatable bonds is 1. The van der Waals surface area contributed by atoms with E-state index in [0.717, 1.165) is 35.3 Å². The predicted molar refractivity (Wildman–Crippen MR) is 110 cm³/mol. The molecule has 2 aromatic carbocycles. The summed E-state index contributed by atoms with van der Waals surface area (Å²) in [6, 6.07) is 17.7. The van der Waals surface area contributed by atoms with Gasteiger partial charge in [-0.15, -0.1) is 0 Å². The van der Waals surface area contributed by atoms with Crippen LogP contribution in [-0.2, 0) is 0 Å². The molecular formula is C23H25N3O. The lowest BCUT2D eigenvalue weighted by atomic mass is 9.98. The molecule has 3 aliphatic rings. The van der Waals surface area contributed by atoms with Crippen molar-refractivity contribution < 1.29 is 4.79 Å². The monoisotopic (exact) mass is 359 g/mol. The van der Waals surface area contributed by atoms with Crippen LogP contribution in [0.4, 0.5) is 16.2 Å². The summed E-state index contributed by atoms with van der Waals surface area (Å²) in [6.45, 7) is 0. The van der Waals surface area contributed by atoms with Gasteiger partial charge in [-0.3, -0.25) is 4.90 Å². The average Bonchev–Trinajstić information content (AvgIpc) is 2.87. The van der Waals surface area contributed by atoms with Crippen LogP contribution < -0.4 is 10.2 Å². The van der Waals surface area contributed by atoms with Crippen molar-refractivity contribution in [1.29, 1.82) is 0 Å². The molecule has 2 fully saturated rings. The van der Waals surface area contributed by atoms with Gasteiger partial charge in [0, 0.05) is 18.1 Å². The maximum Gasteiger partial charge on any atom is 0.326 e. The summed E-state index contributed by atoms with van der Waals surface area (Å²) in [7, 11) is 2.23. The van der Waals surface area contributed by atoms with Gasteiger partial charge in [0.1, 0.15) is 0 Å². The summed E-state index contributed by atoms with van der Waals surface area (Å²) in [5, 5.41) is 3.35. The fourth-order valence-corrected chi connectivity index (χ4v) is 4.96. The zero-order chi connectivity index (χ0) is 18.4. The van der Waals surface area contributed by atoms with Gasteiger partial charge in [0.25, 0.3) is 0 Å². The molecule has 5 rings (SSSR count). The fourth-order valence-electron chi connectivity index (χ4n) is 4.96. The van der Waals surface area contributed by atoms with Gasteiger partial charge >= 0.3 is 6.03 Å². The Morgan fingerprint density at radius 1 is 0.889 bits per heavy atom. The number of piperidine rings is 1. The molecular weight excluding hydrogens is 334 g/mol. The molecule has 0 saturated carbocycles. The van der Waals surface area contributed by atoms with Crippen molar-refractivity contribution in [3.63, 3.8) is 0 Å².